The first-order valence-electron chi connectivity index (χ1n) is 4.82. The maximum atomic E-state index is 11.4. The molecule has 1 unspecified atom stereocenters. The van der Waals surface area contributed by atoms with Crippen LogP contribution in [-0.2, 0) is 14.6 Å². The second-order valence-electron chi connectivity index (χ2n) is 3.57. The molecule has 0 radical (unpaired) electrons. The number of rotatable bonds is 5. The lowest BCUT2D eigenvalue weighted by atomic mass is 10.3. The standard InChI is InChI=1S/C10H14N2O4S/c1-17(15,16)9-5-3-2-4-7(9)12-6-8(13)10(11)14/h2-5,8,12-13H,6H2,1H3,(H2,11,14). The van der Waals surface area contributed by atoms with Crippen LogP contribution in [0.1, 0.15) is 0 Å². The predicted octanol–water partition coefficient (Wildman–Crippen LogP) is -0.652. The smallest absolute Gasteiger partial charge is 0.248 e. The van der Waals surface area contributed by atoms with Crippen molar-refractivity contribution in [3.63, 3.8) is 0 Å². The minimum atomic E-state index is -3.36. The zero-order valence-corrected chi connectivity index (χ0v) is 10.1. The molecule has 1 amide bonds. The van der Waals surface area contributed by atoms with Crippen LogP contribution in [0.2, 0.25) is 0 Å². The van der Waals surface area contributed by atoms with E-state index in [4.69, 9.17) is 5.73 Å². The van der Waals surface area contributed by atoms with Crippen molar-refractivity contribution < 1.29 is 18.3 Å². The molecule has 0 fully saturated rings. The average Bonchev–Trinajstić information content (AvgIpc) is 2.24. The monoisotopic (exact) mass is 258 g/mol. The second kappa shape index (κ2) is 5.15. The molecule has 1 aromatic rings. The van der Waals surface area contributed by atoms with Crippen LogP contribution in [-0.4, -0.2) is 38.3 Å². The molecule has 4 N–H and O–H groups in total. The third-order valence-electron chi connectivity index (χ3n) is 2.10. The van der Waals surface area contributed by atoms with Crippen LogP contribution in [0.4, 0.5) is 5.69 Å². The molecule has 7 heteroatoms. The van der Waals surface area contributed by atoms with E-state index in [2.05, 4.69) is 5.32 Å². The highest BCUT2D eigenvalue weighted by Gasteiger charge is 2.15. The fraction of sp³-hybridized carbons (Fsp3) is 0.300. The summed E-state index contributed by atoms with van der Waals surface area (Å²) in [6.07, 6.45) is -0.277. The number of amides is 1. The normalized spacial score (nSPS) is 13.1. The third kappa shape index (κ3) is 3.72. The quantitative estimate of drug-likeness (QED) is 0.650. The summed E-state index contributed by atoms with van der Waals surface area (Å²) in [5.41, 5.74) is 5.21. The van der Waals surface area contributed by atoms with Gasteiger partial charge in [0, 0.05) is 12.8 Å². The van der Waals surface area contributed by atoms with E-state index in [1.807, 2.05) is 0 Å². The van der Waals surface area contributed by atoms with E-state index in [0.29, 0.717) is 5.69 Å². The highest BCUT2D eigenvalue weighted by atomic mass is 32.2. The Morgan fingerprint density at radius 2 is 2.06 bits per heavy atom. The first kappa shape index (κ1) is 13.5. The van der Waals surface area contributed by atoms with Gasteiger partial charge in [-0.15, -0.1) is 0 Å². The van der Waals surface area contributed by atoms with E-state index >= 15 is 0 Å². The number of nitrogens with one attached hydrogen (secondary N) is 1. The number of sulfone groups is 1. The van der Waals surface area contributed by atoms with Gasteiger partial charge in [-0.3, -0.25) is 4.79 Å². The maximum absolute atomic E-state index is 11.4. The summed E-state index contributed by atoms with van der Waals surface area (Å²) in [5.74, 6) is -0.866. The third-order valence-corrected chi connectivity index (χ3v) is 3.26. The summed E-state index contributed by atoms with van der Waals surface area (Å²) in [4.78, 5) is 10.7. The fourth-order valence-electron chi connectivity index (χ4n) is 1.24. The van der Waals surface area contributed by atoms with Gasteiger partial charge in [0.25, 0.3) is 0 Å². The first-order valence-corrected chi connectivity index (χ1v) is 6.72. The second-order valence-corrected chi connectivity index (χ2v) is 5.55. The molecule has 0 spiro atoms. The molecule has 0 aliphatic heterocycles. The van der Waals surface area contributed by atoms with Crippen LogP contribution in [0.3, 0.4) is 0 Å². The van der Waals surface area contributed by atoms with Gasteiger partial charge in [0.2, 0.25) is 5.91 Å². The van der Waals surface area contributed by atoms with E-state index in [1.165, 1.54) is 6.07 Å². The summed E-state index contributed by atoms with van der Waals surface area (Å²) in [6, 6.07) is 6.22. The maximum Gasteiger partial charge on any atom is 0.248 e. The summed E-state index contributed by atoms with van der Waals surface area (Å²) < 4.78 is 22.9. The van der Waals surface area contributed by atoms with Crippen molar-refractivity contribution in [1.29, 1.82) is 0 Å². The van der Waals surface area contributed by atoms with Crippen molar-refractivity contribution >= 4 is 21.4 Å². The Hall–Kier alpha value is -1.60. The number of carbonyl (C=O) groups excluding carboxylic acids is 1. The number of aliphatic hydroxyl groups excluding tert-OH is 1. The minimum Gasteiger partial charge on any atom is -0.381 e. The van der Waals surface area contributed by atoms with Crippen molar-refractivity contribution in [3.8, 4) is 0 Å². The Morgan fingerprint density at radius 3 is 2.59 bits per heavy atom. The van der Waals surface area contributed by atoms with Crippen LogP contribution in [0.5, 0.6) is 0 Å². The Bertz CT molecular complexity index is 513. The Morgan fingerprint density at radius 1 is 1.47 bits per heavy atom. The molecule has 6 nitrogen and oxygen atoms in total. The molecule has 0 bridgehead atoms. The molecule has 1 aromatic carbocycles. The van der Waals surface area contributed by atoms with Crippen molar-refractivity contribution in [2.75, 3.05) is 18.1 Å². The minimum absolute atomic E-state index is 0.108. The number of primary amides is 1. The van der Waals surface area contributed by atoms with E-state index < -0.39 is 21.8 Å². The SMILES string of the molecule is CS(=O)(=O)c1ccccc1NCC(O)C(N)=O. The summed E-state index contributed by atoms with van der Waals surface area (Å²) >= 11 is 0. The lowest BCUT2D eigenvalue weighted by Gasteiger charge is -2.12. The van der Waals surface area contributed by atoms with Gasteiger partial charge in [0.1, 0.15) is 6.10 Å². The van der Waals surface area contributed by atoms with Gasteiger partial charge in [-0.05, 0) is 12.1 Å². The van der Waals surface area contributed by atoms with Crippen LogP contribution in [0.25, 0.3) is 0 Å². The number of benzene rings is 1. The number of aliphatic hydroxyl groups is 1. The molecule has 0 heterocycles. The van der Waals surface area contributed by atoms with E-state index in [-0.39, 0.29) is 11.4 Å². The van der Waals surface area contributed by atoms with Crippen LogP contribution in [0.15, 0.2) is 29.2 Å². The number of hydrogen-bond donors (Lipinski definition) is 3. The topological polar surface area (TPSA) is 109 Å². The predicted molar refractivity (Wildman–Crippen MR) is 63.2 cm³/mol. The van der Waals surface area contributed by atoms with Crippen LogP contribution < -0.4 is 11.1 Å². The van der Waals surface area contributed by atoms with Gasteiger partial charge in [0.15, 0.2) is 9.84 Å². The van der Waals surface area contributed by atoms with Crippen LogP contribution >= 0.6 is 0 Å². The van der Waals surface area contributed by atoms with Gasteiger partial charge in [-0.2, -0.15) is 0 Å². The highest BCUT2D eigenvalue weighted by molar-refractivity contribution is 7.90. The van der Waals surface area contributed by atoms with Gasteiger partial charge in [-0.25, -0.2) is 8.42 Å². The summed E-state index contributed by atoms with van der Waals surface area (Å²) in [7, 11) is -3.36. The lowest BCUT2D eigenvalue weighted by molar-refractivity contribution is -0.125. The molecule has 0 saturated heterocycles. The van der Waals surface area contributed by atoms with Gasteiger partial charge in [0.05, 0.1) is 10.6 Å². The summed E-state index contributed by atoms with van der Waals surface area (Å²) in [5, 5.41) is 11.9. The largest absolute Gasteiger partial charge is 0.381 e. The Labute approximate surface area is 99.4 Å². The number of hydrogen-bond acceptors (Lipinski definition) is 5. The number of carbonyl (C=O) groups is 1. The Kier molecular flexibility index (Phi) is 4.08. The van der Waals surface area contributed by atoms with Crippen molar-refractivity contribution in [2.45, 2.75) is 11.0 Å². The molecule has 0 aliphatic carbocycles. The van der Waals surface area contributed by atoms with Crippen molar-refractivity contribution in [2.24, 2.45) is 5.73 Å². The molecular weight excluding hydrogens is 244 g/mol. The molecule has 17 heavy (non-hydrogen) atoms. The lowest BCUT2D eigenvalue weighted by Crippen LogP contribution is -2.34. The number of anilines is 1. The van der Waals surface area contributed by atoms with Crippen molar-refractivity contribution in [3.05, 3.63) is 24.3 Å². The average molecular weight is 258 g/mol. The van der Waals surface area contributed by atoms with Gasteiger partial charge < -0.3 is 16.2 Å². The first-order chi connectivity index (χ1) is 7.82. The number of nitrogens with two attached hydrogens (primary N) is 1. The van der Waals surface area contributed by atoms with Gasteiger partial charge >= 0.3 is 0 Å². The molecule has 94 valence electrons. The molecule has 0 aliphatic rings. The van der Waals surface area contributed by atoms with Crippen molar-refractivity contribution in [1.82, 2.24) is 0 Å². The molecule has 1 atom stereocenters. The van der Waals surface area contributed by atoms with E-state index in [0.717, 1.165) is 6.26 Å². The zero-order valence-electron chi connectivity index (χ0n) is 9.25. The zero-order chi connectivity index (χ0) is 13.1. The fourth-order valence-corrected chi connectivity index (χ4v) is 2.11. The highest BCUT2D eigenvalue weighted by Crippen LogP contribution is 2.20. The van der Waals surface area contributed by atoms with Gasteiger partial charge in [-0.1, -0.05) is 12.1 Å². The van der Waals surface area contributed by atoms with E-state index in [9.17, 15) is 18.3 Å². The molecule has 1 rings (SSSR count). The Balaban J connectivity index is 2.89. The van der Waals surface area contributed by atoms with Crippen LogP contribution in [0, 0.1) is 0 Å². The van der Waals surface area contributed by atoms with E-state index in [1.54, 1.807) is 18.2 Å². The molecular formula is C10H14N2O4S. The molecule has 0 aromatic heterocycles. The molecule has 0 saturated carbocycles. The summed E-state index contributed by atoms with van der Waals surface area (Å²) in [6.45, 7) is -0.137. The number of para-hydroxylation sites is 1.